The van der Waals surface area contributed by atoms with Gasteiger partial charge in [0.05, 0.1) is 30.4 Å². The monoisotopic (exact) mass is 296 g/mol. The molecule has 1 atom stereocenters. The Balaban J connectivity index is 1.97. The number of ether oxygens (including phenoxy) is 2. The van der Waals surface area contributed by atoms with Crippen LogP contribution in [0.25, 0.3) is 11.0 Å². The highest BCUT2D eigenvalue weighted by Crippen LogP contribution is 2.23. The third-order valence-electron chi connectivity index (χ3n) is 2.67. The molecule has 0 amide bonds. The number of aliphatic hydroxyl groups is 1. The van der Waals surface area contributed by atoms with Gasteiger partial charge < -0.3 is 19.6 Å². The van der Waals surface area contributed by atoms with Crippen molar-refractivity contribution >= 4 is 22.8 Å². The van der Waals surface area contributed by atoms with E-state index in [-0.39, 0.29) is 0 Å². The van der Waals surface area contributed by atoms with Crippen molar-refractivity contribution in [3.05, 3.63) is 18.2 Å². The molecule has 2 N–H and O–H groups in total. The topological polar surface area (TPSA) is 67.4 Å². The zero-order valence-electron chi connectivity index (χ0n) is 11.8. The first-order chi connectivity index (χ1) is 9.72. The van der Waals surface area contributed by atoms with Gasteiger partial charge in [-0.1, -0.05) is 11.8 Å². The lowest BCUT2D eigenvalue weighted by molar-refractivity contribution is 0.0551. The van der Waals surface area contributed by atoms with Gasteiger partial charge in [0.1, 0.15) is 5.75 Å². The molecule has 1 unspecified atom stereocenters. The van der Waals surface area contributed by atoms with E-state index in [1.54, 1.807) is 0 Å². The minimum absolute atomic E-state index is 0.359. The number of aromatic amines is 1. The van der Waals surface area contributed by atoms with Gasteiger partial charge in [-0.3, -0.25) is 0 Å². The number of benzene rings is 1. The standard InChI is InChI=1S/C14H20N2O3S/c1-3-18-8-10(17)9-20-14-15-12-6-5-11(19-4-2)7-13(12)16-14/h5-7,10,17H,3-4,8-9H2,1-2H3,(H,15,16). The van der Waals surface area contributed by atoms with Crippen LogP contribution in [0, 0.1) is 0 Å². The van der Waals surface area contributed by atoms with Crippen molar-refractivity contribution in [1.29, 1.82) is 0 Å². The maximum absolute atomic E-state index is 9.72. The number of aromatic nitrogens is 2. The Kier molecular flexibility index (Phi) is 5.70. The summed E-state index contributed by atoms with van der Waals surface area (Å²) in [4.78, 5) is 7.69. The van der Waals surface area contributed by atoms with E-state index in [1.807, 2.05) is 32.0 Å². The van der Waals surface area contributed by atoms with Crippen LogP contribution in [0.15, 0.2) is 23.4 Å². The Bertz CT molecular complexity index is 544. The molecule has 1 aromatic heterocycles. The molecular formula is C14H20N2O3S. The lowest BCUT2D eigenvalue weighted by Gasteiger charge is -2.08. The molecule has 1 aromatic carbocycles. The van der Waals surface area contributed by atoms with Crippen LogP contribution in [-0.2, 0) is 4.74 Å². The van der Waals surface area contributed by atoms with Gasteiger partial charge in [0.2, 0.25) is 0 Å². The summed E-state index contributed by atoms with van der Waals surface area (Å²) in [7, 11) is 0. The molecule has 2 rings (SSSR count). The maximum Gasteiger partial charge on any atom is 0.166 e. The van der Waals surface area contributed by atoms with Gasteiger partial charge in [-0.2, -0.15) is 0 Å². The minimum Gasteiger partial charge on any atom is -0.494 e. The van der Waals surface area contributed by atoms with Crippen LogP contribution in [-0.4, -0.2) is 46.8 Å². The van der Waals surface area contributed by atoms with Crippen molar-refractivity contribution in [2.24, 2.45) is 0 Å². The predicted octanol–water partition coefficient (Wildman–Crippen LogP) is 2.45. The number of nitrogens with zero attached hydrogens (tertiary/aromatic N) is 1. The van der Waals surface area contributed by atoms with Crippen LogP contribution in [0.2, 0.25) is 0 Å². The Morgan fingerprint density at radius 1 is 1.35 bits per heavy atom. The fraction of sp³-hybridized carbons (Fsp3) is 0.500. The largest absolute Gasteiger partial charge is 0.494 e. The van der Waals surface area contributed by atoms with E-state index in [1.165, 1.54) is 11.8 Å². The quantitative estimate of drug-likeness (QED) is 0.732. The molecule has 0 aliphatic heterocycles. The molecule has 0 saturated carbocycles. The average molecular weight is 296 g/mol. The number of thioether (sulfide) groups is 1. The van der Waals surface area contributed by atoms with Crippen LogP contribution in [0.5, 0.6) is 5.75 Å². The number of hydrogen-bond donors (Lipinski definition) is 2. The normalized spacial score (nSPS) is 12.8. The number of nitrogens with one attached hydrogen (secondary N) is 1. The summed E-state index contributed by atoms with van der Waals surface area (Å²) in [5.41, 5.74) is 1.84. The van der Waals surface area contributed by atoms with Crippen LogP contribution >= 0.6 is 11.8 Å². The fourth-order valence-electron chi connectivity index (χ4n) is 1.77. The SMILES string of the molecule is CCOCC(O)CSc1nc2ccc(OCC)cc2[nH]1. The second kappa shape index (κ2) is 7.52. The van der Waals surface area contributed by atoms with Gasteiger partial charge in [0.25, 0.3) is 0 Å². The third kappa shape index (κ3) is 4.13. The first-order valence-electron chi connectivity index (χ1n) is 6.74. The van der Waals surface area contributed by atoms with Crippen LogP contribution in [0.4, 0.5) is 0 Å². The van der Waals surface area contributed by atoms with Crippen molar-refractivity contribution in [3.8, 4) is 5.75 Å². The third-order valence-corrected chi connectivity index (χ3v) is 3.69. The zero-order valence-corrected chi connectivity index (χ0v) is 12.6. The van der Waals surface area contributed by atoms with Crippen molar-refractivity contribution in [1.82, 2.24) is 9.97 Å². The Morgan fingerprint density at radius 2 is 2.20 bits per heavy atom. The second-order valence-electron chi connectivity index (χ2n) is 4.28. The Hall–Kier alpha value is -1.24. The molecule has 0 saturated heterocycles. The maximum atomic E-state index is 9.72. The van der Waals surface area contributed by atoms with Gasteiger partial charge >= 0.3 is 0 Å². The highest BCUT2D eigenvalue weighted by atomic mass is 32.2. The van der Waals surface area contributed by atoms with Crippen molar-refractivity contribution in [2.75, 3.05) is 25.6 Å². The summed E-state index contributed by atoms with van der Waals surface area (Å²) in [5, 5.41) is 10.5. The second-order valence-corrected chi connectivity index (χ2v) is 5.29. The summed E-state index contributed by atoms with van der Waals surface area (Å²) in [6.07, 6.45) is -0.479. The van der Waals surface area contributed by atoms with Crippen molar-refractivity contribution < 1.29 is 14.6 Å². The van der Waals surface area contributed by atoms with Crippen LogP contribution in [0.1, 0.15) is 13.8 Å². The molecule has 0 aliphatic carbocycles. The molecule has 0 spiro atoms. The zero-order chi connectivity index (χ0) is 14.4. The summed E-state index contributed by atoms with van der Waals surface area (Å²) >= 11 is 1.49. The molecule has 0 bridgehead atoms. The molecule has 0 fully saturated rings. The Morgan fingerprint density at radius 3 is 2.95 bits per heavy atom. The first kappa shape index (κ1) is 15.2. The van der Waals surface area contributed by atoms with E-state index in [2.05, 4.69) is 9.97 Å². The number of rotatable bonds is 8. The fourth-order valence-corrected chi connectivity index (χ4v) is 2.56. The first-order valence-corrected chi connectivity index (χ1v) is 7.72. The summed E-state index contributed by atoms with van der Waals surface area (Å²) in [6.45, 7) is 5.49. The molecule has 110 valence electrons. The molecule has 1 heterocycles. The summed E-state index contributed by atoms with van der Waals surface area (Å²) in [5.74, 6) is 1.38. The number of imidazole rings is 1. The molecule has 0 aliphatic rings. The number of fused-ring (bicyclic) bond motifs is 1. The van der Waals surface area contributed by atoms with E-state index in [9.17, 15) is 5.11 Å². The van der Waals surface area contributed by atoms with Gasteiger partial charge in [-0.05, 0) is 26.0 Å². The van der Waals surface area contributed by atoms with Gasteiger partial charge in [0.15, 0.2) is 5.16 Å². The van der Waals surface area contributed by atoms with E-state index in [0.717, 1.165) is 21.9 Å². The Labute approximate surface area is 122 Å². The van der Waals surface area contributed by atoms with Gasteiger partial charge in [0, 0.05) is 18.4 Å². The minimum atomic E-state index is -0.479. The number of aliphatic hydroxyl groups excluding tert-OH is 1. The predicted molar refractivity (Wildman–Crippen MR) is 80.5 cm³/mol. The molecule has 0 radical (unpaired) electrons. The number of H-pyrrole nitrogens is 1. The van der Waals surface area contributed by atoms with Crippen molar-refractivity contribution in [3.63, 3.8) is 0 Å². The molecule has 6 heteroatoms. The van der Waals surface area contributed by atoms with Gasteiger partial charge in [-0.25, -0.2) is 4.98 Å². The average Bonchev–Trinajstić information content (AvgIpc) is 2.85. The highest BCUT2D eigenvalue weighted by Gasteiger charge is 2.09. The van der Waals surface area contributed by atoms with E-state index < -0.39 is 6.10 Å². The molecular weight excluding hydrogens is 276 g/mol. The lowest BCUT2D eigenvalue weighted by atomic mass is 10.3. The molecule has 2 aromatic rings. The van der Waals surface area contributed by atoms with Crippen molar-refractivity contribution in [2.45, 2.75) is 25.1 Å². The number of hydrogen-bond acceptors (Lipinski definition) is 5. The van der Waals surface area contributed by atoms with E-state index in [0.29, 0.717) is 25.6 Å². The van der Waals surface area contributed by atoms with Crippen LogP contribution < -0.4 is 4.74 Å². The summed E-state index contributed by atoms with van der Waals surface area (Å²) in [6, 6.07) is 5.77. The highest BCUT2D eigenvalue weighted by molar-refractivity contribution is 7.99. The van der Waals surface area contributed by atoms with Crippen LogP contribution in [0.3, 0.4) is 0 Å². The summed E-state index contributed by atoms with van der Waals surface area (Å²) < 4.78 is 10.6. The van der Waals surface area contributed by atoms with E-state index in [4.69, 9.17) is 9.47 Å². The smallest absolute Gasteiger partial charge is 0.166 e. The molecule has 5 nitrogen and oxygen atoms in total. The van der Waals surface area contributed by atoms with Gasteiger partial charge in [-0.15, -0.1) is 0 Å². The molecule has 20 heavy (non-hydrogen) atoms. The lowest BCUT2D eigenvalue weighted by Crippen LogP contribution is -2.17. The van der Waals surface area contributed by atoms with E-state index >= 15 is 0 Å².